The first-order valence-corrected chi connectivity index (χ1v) is 11.6. The van der Waals surface area contributed by atoms with E-state index in [1.165, 1.54) is 0 Å². The van der Waals surface area contributed by atoms with E-state index in [-0.39, 0.29) is 5.91 Å². The molecule has 1 aliphatic rings. The van der Waals surface area contributed by atoms with Gasteiger partial charge in [-0.15, -0.1) is 0 Å². The molecule has 0 unspecified atom stereocenters. The van der Waals surface area contributed by atoms with Crippen molar-refractivity contribution in [3.05, 3.63) is 90.3 Å². The van der Waals surface area contributed by atoms with Crippen molar-refractivity contribution in [1.29, 1.82) is 0 Å². The van der Waals surface area contributed by atoms with Gasteiger partial charge in [0, 0.05) is 31.4 Å². The number of nitrogens with zero attached hydrogens (tertiary/aromatic N) is 3. The largest absolute Gasteiger partial charge is 0.450 e. The molecule has 0 spiro atoms. The second-order valence-corrected chi connectivity index (χ2v) is 8.62. The van der Waals surface area contributed by atoms with Crippen LogP contribution < -0.4 is 5.32 Å². The first-order valence-electron chi connectivity index (χ1n) is 11.6. The number of para-hydroxylation sites is 1. The molecule has 1 N–H and O–H groups in total. The molecule has 5 aromatic rings. The van der Waals surface area contributed by atoms with Gasteiger partial charge in [-0.2, -0.15) is 0 Å². The molecule has 0 aliphatic carbocycles. The summed E-state index contributed by atoms with van der Waals surface area (Å²) in [6.45, 7) is 2.14. The number of aromatic nitrogens is 2. The van der Waals surface area contributed by atoms with E-state index in [0.29, 0.717) is 30.9 Å². The summed E-state index contributed by atoms with van der Waals surface area (Å²) in [4.78, 5) is 22.7. The Kier molecular flexibility index (Phi) is 5.18. The SMILES string of the molecule is O=C1CCCN1Cc1ccc(-c2ccccc2CNc2ncnc3c2oc2ccccc23)cc1. The predicted octanol–water partition coefficient (Wildman–Crippen LogP) is 5.78. The highest BCUT2D eigenvalue weighted by molar-refractivity contribution is 6.05. The highest BCUT2D eigenvalue weighted by Crippen LogP contribution is 2.31. The molecule has 1 aliphatic heterocycles. The molecule has 3 heterocycles. The van der Waals surface area contributed by atoms with Crippen molar-refractivity contribution in [2.75, 3.05) is 11.9 Å². The van der Waals surface area contributed by atoms with Crippen LogP contribution in [0.2, 0.25) is 0 Å². The number of furan rings is 1. The first-order chi connectivity index (χ1) is 16.8. The van der Waals surface area contributed by atoms with Gasteiger partial charge in [0.05, 0.1) is 0 Å². The molecule has 2 aromatic heterocycles. The van der Waals surface area contributed by atoms with E-state index in [9.17, 15) is 4.79 Å². The number of nitrogens with one attached hydrogen (secondary N) is 1. The highest BCUT2D eigenvalue weighted by Gasteiger charge is 2.20. The van der Waals surface area contributed by atoms with Crippen LogP contribution in [0.3, 0.4) is 0 Å². The van der Waals surface area contributed by atoms with Crippen molar-refractivity contribution in [3.8, 4) is 11.1 Å². The lowest BCUT2D eigenvalue weighted by Crippen LogP contribution is -2.23. The van der Waals surface area contributed by atoms with E-state index in [1.54, 1.807) is 6.33 Å². The number of anilines is 1. The summed E-state index contributed by atoms with van der Waals surface area (Å²) in [5.74, 6) is 0.936. The van der Waals surface area contributed by atoms with Gasteiger partial charge in [-0.1, -0.05) is 60.7 Å². The zero-order chi connectivity index (χ0) is 22.9. The number of benzene rings is 3. The zero-order valence-corrected chi connectivity index (χ0v) is 18.7. The second kappa shape index (κ2) is 8.63. The van der Waals surface area contributed by atoms with Crippen LogP contribution in [0.5, 0.6) is 0 Å². The van der Waals surface area contributed by atoms with Gasteiger partial charge in [0.2, 0.25) is 5.91 Å². The Labute approximate surface area is 197 Å². The lowest BCUT2D eigenvalue weighted by molar-refractivity contribution is -0.128. The minimum atomic E-state index is 0.253. The highest BCUT2D eigenvalue weighted by atomic mass is 16.3. The van der Waals surface area contributed by atoms with Gasteiger partial charge < -0.3 is 14.6 Å². The Bertz CT molecular complexity index is 1490. The van der Waals surface area contributed by atoms with E-state index >= 15 is 0 Å². The first kappa shape index (κ1) is 20.4. The third-order valence-corrected chi connectivity index (χ3v) is 6.43. The third-order valence-electron chi connectivity index (χ3n) is 6.43. The van der Waals surface area contributed by atoms with Crippen LogP contribution in [0.15, 0.2) is 83.5 Å². The number of likely N-dealkylation sites (tertiary alicyclic amines) is 1. The lowest BCUT2D eigenvalue weighted by atomic mass is 9.98. The van der Waals surface area contributed by atoms with Crippen LogP contribution >= 0.6 is 0 Å². The van der Waals surface area contributed by atoms with Crippen molar-refractivity contribution in [1.82, 2.24) is 14.9 Å². The Morgan fingerprint density at radius 3 is 2.62 bits per heavy atom. The number of hydrogen-bond acceptors (Lipinski definition) is 5. The summed E-state index contributed by atoms with van der Waals surface area (Å²) in [6.07, 6.45) is 3.21. The van der Waals surface area contributed by atoms with Crippen LogP contribution in [-0.2, 0) is 17.9 Å². The van der Waals surface area contributed by atoms with E-state index in [1.807, 2.05) is 35.2 Å². The number of fused-ring (bicyclic) bond motifs is 3. The molecule has 1 saturated heterocycles. The minimum Gasteiger partial charge on any atom is -0.450 e. The van der Waals surface area contributed by atoms with Crippen molar-refractivity contribution in [3.63, 3.8) is 0 Å². The van der Waals surface area contributed by atoms with Crippen molar-refractivity contribution >= 4 is 33.8 Å². The second-order valence-electron chi connectivity index (χ2n) is 8.62. The van der Waals surface area contributed by atoms with E-state index in [4.69, 9.17) is 4.42 Å². The van der Waals surface area contributed by atoms with Crippen LogP contribution in [0, 0.1) is 0 Å². The zero-order valence-electron chi connectivity index (χ0n) is 18.7. The quantitative estimate of drug-likeness (QED) is 0.357. The van der Waals surface area contributed by atoms with E-state index < -0.39 is 0 Å². The molecule has 0 saturated carbocycles. The van der Waals surface area contributed by atoms with Crippen molar-refractivity contribution in [2.24, 2.45) is 0 Å². The molecule has 168 valence electrons. The van der Waals surface area contributed by atoms with Crippen molar-refractivity contribution in [2.45, 2.75) is 25.9 Å². The molecule has 1 fully saturated rings. The van der Waals surface area contributed by atoms with Crippen LogP contribution in [-0.4, -0.2) is 27.3 Å². The molecule has 6 heteroatoms. The monoisotopic (exact) mass is 448 g/mol. The molecule has 6 rings (SSSR count). The van der Waals surface area contributed by atoms with Crippen LogP contribution in [0.1, 0.15) is 24.0 Å². The average Bonchev–Trinajstić information content (AvgIpc) is 3.47. The van der Waals surface area contributed by atoms with Gasteiger partial charge in [0.1, 0.15) is 17.4 Å². The number of hydrogen-bond donors (Lipinski definition) is 1. The summed E-state index contributed by atoms with van der Waals surface area (Å²) in [5, 5.41) is 4.44. The molecular formula is C28H24N4O2. The Hall–Kier alpha value is -4.19. The fourth-order valence-electron chi connectivity index (χ4n) is 4.67. The maximum Gasteiger partial charge on any atom is 0.222 e. The molecule has 0 atom stereocenters. The average molecular weight is 449 g/mol. The van der Waals surface area contributed by atoms with Gasteiger partial charge >= 0.3 is 0 Å². The molecule has 0 bridgehead atoms. The third kappa shape index (κ3) is 3.77. The summed E-state index contributed by atoms with van der Waals surface area (Å²) in [6, 6.07) is 24.8. The van der Waals surface area contributed by atoms with Gasteiger partial charge in [-0.25, -0.2) is 9.97 Å². The maximum atomic E-state index is 11.9. The maximum absolute atomic E-state index is 11.9. The van der Waals surface area contributed by atoms with Gasteiger partial charge in [-0.05, 0) is 40.8 Å². The van der Waals surface area contributed by atoms with E-state index in [2.05, 4.69) is 57.7 Å². The summed E-state index contributed by atoms with van der Waals surface area (Å²) in [7, 11) is 0. The topological polar surface area (TPSA) is 71.3 Å². The summed E-state index contributed by atoms with van der Waals surface area (Å²) >= 11 is 0. The van der Waals surface area contributed by atoms with E-state index in [0.717, 1.165) is 51.7 Å². The number of carbonyl (C=O) groups excluding carboxylic acids is 1. The number of rotatable bonds is 6. The standard InChI is InChI=1S/C28H24N4O2/c33-25-10-5-15-32(25)17-19-11-13-20(14-12-19)22-7-2-1-6-21(22)16-29-28-27-26(30-18-31-28)23-8-3-4-9-24(23)34-27/h1-4,6-9,11-14,18H,5,10,15-17H2,(H,29,30,31). The Balaban J connectivity index is 1.24. The molecule has 0 radical (unpaired) electrons. The summed E-state index contributed by atoms with van der Waals surface area (Å²) in [5.41, 5.74) is 6.91. The van der Waals surface area contributed by atoms with Gasteiger partial charge in [-0.3, -0.25) is 4.79 Å². The lowest BCUT2D eigenvalue weighted by Gasteiger charge is -2.16. The fourth-order valence-corrected chi connectivity index (χ4v) is 4.67. The molecule has 6 nitrogen and oxygen atoms in total. The summed E-state index contributed by atoms with van der Waals surface area (Å²) < 4.78 is 6.05. The molecule has 1 amide bonds. The van der Waals surface area contributed by atoms with Crippen LogP contribution in [0.4, 0.5) is 5.82 Å². The Morgan fingerprint density at radius 1 is 0.941 bits per heavy atom. The number of amides is 1. The van der Waals surface area contributed by atoms with Crippen LogP contribution in [0.25, 0.3) is 33.2 Å². The molecule has 3 aromatic carbocycles. The van der Waals surface area contributed by atoms with Gasteiger partial charge in [0.25, 0.3) is 0 Å². The fraction of sp³-hybridized carbons (Fsp3) is 0.179. The normalized spacial score (nSPS) is 13.8. The predicted molar refractivity (Wildman–Crippen MR) is 133 cm³/mol. The molecule has 34 heavy (non-hydrogen) atoms. The molecular weight excluding hydrogens is 424 g/mol. The number of carbonyl (C=O) groups is 1. The minimum absolute atomic E-state index is 0.253. The van der Waals surface area contributed by atoms with Crippen molar-refractivity contribution < 1.29 is 9.21 Å². The van der Waals surface area contributed by atoms with Gasteiger partial charge in [0.15, 0.2) is 11.4 Å². The smallest absolute Gasteiger partial charge is 0.222 e. The Morgan fingerprint density at radius 2 is 1.76 bits per heavy atom.